The summed E-state index contributed by atoms with van der Waals surface area (Å²) >= 11 is 0. The van der Waals surface area contributed by atoms with Crippen molar-refractivity contribution in [1.82, 2.24) is 14.8 Å². The number of hydrogen-bond donors (Lipinski definition) is 1. The zero-order valence-electron chi connectivity index (χ0n) is 20.8. The predicted molar refractivity (Wildman–Crippen MR) is 140 cm³/mol. The van der Waals surface area contributed by atoms with Gasteiger partial charge in [0.1, 0.15) is 11.2 Å². The Kier molecular flexibility index (Phi) is 6.94. The number of rotatable bonds is 6. The molecule has 1 atom stereocenters. The standard InChI is InChI=1S/C30H37N3O2/c1-30(29(35)31-25-17-8-3-2-4-9-18-25)22-32-26-19-11-10-16-24(26)21-27(32)28(34)33(30)20-12-15-23-13-6-5-7-14-23/h5-7,10-11,13-14,16,19,21,25H,2-4,8-9,12,15,17-18,20,22H2,1H3,(H,31,35). The molecule has 5 rings (SSSR count). The van der Waals surface area contributed by atoms with Crippen molar-refractivity contribution in [3.05, 3.63) is 71.9 Å². The fraction of sp³-hybridized carbons (Fsp3) is 0.467. The van der Waals surface area contributed by atoms with Crippen LogP contribution in [0.4, 0.5) is 0 Å². The monoisotopic (exact) mass is 471 g/mol. The fourth-order valence-electron chi connectivity index (χ4n) is 5.88. The van der Waals surface area contributed by atoms with E-state index < -0.39 is 5.54 Å². The molecule has 1 unspecified atom stereocenters. The van der Waals surface area contributed by atoms with Gasteiger partial charge in [-0.3, -0.25) is 9.59 Å². The van der Waals surface area contributed by atoms with Gasteiger partial charge in [0.05, 0.1) is 6.54 Å². The van der Waals surface area contributed by atoms with Crippen molar-refractivity contribution in [3.63, 3.8) is 0 Å². The lowest BCUT2D eigenvalue weighted by atomic mass is 9.91. The average molecular weight is 472 g/mol. The Bertz CT molecular complexity index is 1180. The molecule has 1 saturated carbocycles. The third-order valence-electron chi connectivity index (χ3n) is 7.96. The van der Waals surface area contributed by atoms with Gasteiger partial charge in [0.2, 0.25) is 5.91 Å². The second-order valence-electron chi connectivity index (χ2n) is 10.5. The maximum atomic E-state index is 13.9. The van der Waals surface area contributed by atoms with Crippen molar-refractivity contribution < 1.29 is 9.59 Å². The molecule has 2 heterocycles. The van der Waals surface area contributed by atoms with Gasteiger partial charge >= 0.3 is 0 Å². The number of fused-ring (bicyclic) bond motifs is 3. The lowest BCUT2D eigenvalue weighted by Crippen LogP contribution is -2.65. The quantitative estimate of drug-likeness (QED) is 0.500. The minimum absolute atomic E-state index is 0.0143. The van der Waals surface area contributed by atoms with Crippen LogP contribution < -0.4 is 5.32 Å². The third kappa shape index (κ3) is 4.86. The van der Waals surface area contributed by atoms with Crippen LogP contribution in [0, 0.1) is 0 Å². The predicted octanol–water partition coefficient (Wildman–Crippen LogP) is 5.72. The molecule has 1 aliphatic heterocycles. The van der Waals surface area contributed by atoms with E-state index in [2.05, 4.69) is 22.0 Å². The maximum Gasteiger partial charge on any atom is 0.271 e. The summed E-state index contributed by atoms with van der Waals surface area (Å²) in [7, 11) is 0. The number of carbonyl (C=O) groups excluding carboxylic acids is 2. The molecule has 1 aromatic heterocycles. The molecule has 0 bridgehead atoms. The Labute approximate surface area is 208 Å². The minimum Gasteiger partial charge on any atom is -0.351 e. The molecule has 3 aromatic rings. The molecule has 35 heavy (non-hydrogen) atoms. The highest BCUT2D eigenvalue weighted by molar-refractivity contribution is 6.03. The molecule has 184 valence electrons. The Morgan fingerprint density at radius 2 is 1.66 bits per heavy atom. The zero-order valence-corrected chi connectivity index (χ0v) is 20.8. The van der Waals surface area contributed by atoms with Crippen molar-refractivity contribution in [2.75, 3.05) is 6.54 Å². The zero-order chi connectivity index (χ0) is 24.3. The normalized spacial score (nSPS) is 21.4. The molecule has 1 fully saturated rings. The Morgan fingerprint density at radius 3 is 2.43 bits per heavy atom. The first-order valence-corrected chi connectivity index (χ1v) is 13.3. The Morgan fingerprint density at radius 1 is 0.971 bits per heavy atom. The lowest BCUT2D eigenvalue weighted by molar-refractivity contribution is -0.133. The van der Waals surface area contributed by atoms with E-state index in [0.29, 0.717) is 18.8 Å². The molecule has 1 N–H and O–H groups in total. The topological polar surface area (TPSA) is 54.3 Å². The van der Waals surface area contributed by atoms with Gasteiger partial charge in [0, 0.05) is 23.5 Å². The van der Waals surface area contributed by atoms with Gasteiger partial charge in [-0.05, 0) is 50.3 Å². The minimum atomic E-state index is -0.926. The summed E-state index contributed by atoms with van der Waals surface area (Å²) in [4.78, 5) is 29.6. The van der Waals surface area contributed by atoms with E-state index in [9.17, 15) is 9.59 Å². The largest absolute Gasteiger partial charge is 0.351 e. The summed E-state index contributed by atoms with van der Waals surface area (Å²) in [5.74, 6) is -0.0598. The Hall–Kier alpha value is -3.08. The van der Waals surface area contributed by atoms with Gasteiger partial charge in [-0.15, -0.1) is 0 Å². The van der Waals surface area contributed by atoms with Crippen molar-refractivity contribution in [2.45, 2.75) is 82.8 Å². The van der Waals surface area contributed by atoms with E-state index in [1.165, 1.54) is 24.8 Å². The van der Waals surface area contributed by atoms with Crippen LogP contribution in [0.1, 0.15) is 74.3 Å². The van der Waals surface area contributed by atoms with Crippen LogP contribution in [0.25, 0.3) is 10.9 Å². The van der Waals surface area contributed by atoms with Crippen molar-refractivity contribution in [3.8, 4) is 0 Å². The maximum absolute atomic E-state index is 13.9. The van der Waals surface area contributed by atoms with Gasteiger partial charge in [-0.25, -0.2) is 0 Å². The van der Waals surface area contributed by atoms with Gasteiger partial charge in [0.25, 0.3) is 5.91 Å². The van der Waals surface area contributed by atoms with Crippen LogP contribution in [0.15, 0.2) is 60.7 Å². The van der Waals surface area contributed by atoms with Crippen molar-refractivity contribution in [1.29, 1.82) is 0 Å². The summed E-state index contributed by atoms with van der Waals surface area (Å²) in [5.41, 5.74) is 2.03. The van der Waals surface area contributed by atoms with Crippen molar-refractivity contribution >= 4 is 22.7 Å². The van der Waals surface area contributed by atoms with Gasteiger partial charge in [-0.1, -0.05) is 80.6 Å². The molecule has 2 amide bonds. The van der Waals surface area contributed by atoms with Crippen LogP contribution in [0.2, 0.25) is 0 Å². The van der Waals surface area contributed by atoms with E-state index in [1.54, 1.807) is 0 Å². The number of carbonyl (C=O) groups is 2. The fourth-order valence-corrected chi connectivity index (χ4v) is 5.88. The number of benzene rings is 2. The van der Waals surface area contributed by atoms with E-state index >= 15 is 0 Å². The van der Waals surface area contributed by atoms with E-state index in [1.807, 2.05) is 60.4 Å². The number of nitrogens with one attached hydrogen (secondary N) is 1. The van der Waals surface area contributed by atoms with Crippen LogP contribution >= 0.6 is 0 Å². The summed E-state index contributed by atoms with van der Waals surface area (Å²) in [6, 6.07) is 20.6. The smallest absolute Gasteiger partial charge is 0.271 e. The molecule has 0 saturated heterocycles. The number of aryl methyl sites for hydroxylation is 1. The van der Waals surface area contributed by atoms with Gasteiger partial charge in [0.15, 0.2) is 0 Å². The molecule has 5 heteroatoms. The molecule has 5 nitrogen and oxygen atoms in total. The summed E-state index contributed by atoms with van der Waals surface area (Å²) in [6.45, 7) is 3.00. The van der Waals surface area contributed by atoms with Gasteiger partial charge in [-0.2, -0.15) is 0 Å². The number of amides is 2. The molecular formula is C30H37N3O2. The average Bonchev–Trinajstić information content (AvgIpc) is 3.22. The second kappa shape index (κ2) is 10.3. The summed E-state index contributed by atoms with van der Waals surface area (Å²) in [6.07, 6.45) is 9.87. The molecule has 2 aromatic carbocycles. The third-order valence-corrected chi connectivity index (χ3v) is 7.96. The first kappa shape index (κ1) is 23.7. The molecule has 1 aliphatic carbocycles. The van der Waals surface area contributed by atoms with Crippen LogP contribution in [-0.2, 0) is 17.8 Å². The Balaban J connectivity index is 1.42. The van der Waals surface area contributed by atoms with E-state index in [4.69, 9.17) is 0 Å². The number of aromatic nitrogens is 1. The number of para-hydroxylation sites is 1. The number of hydrogen-bond acceptors (Lipinski definition) is 2. The van der Waals surface area contributed by atoms with Gasteiger partial charge < -0.3 is 14.8 Å². The van der Waals surface area contributed by atoms with Crippen LogP contribution in [0.3, 0.4) is 0 Å². The molecule has 2 aliphatic rings. The molecule has 0 spiro atoms. The summed E-state index contributed by atoms with van der Waals surface area (Å²) in [5, 5.41) is 4.43. The van der Waals surface area contributed by atoms with Crippen molar-refractivity contribution in [2.24, 2.45) is 0 Å². The molecule has 0 radical (unpaired) electrons. The number of nitrogens with zero attached hydrogens (tertiary/aromatic N) is 2. The second-order valence-corrected chi connectivity index (χ2v) is 10.5. The van der Waals surface area contributed by atoms with Crippen LogP contribution in [-0.4, -0.2) is 39.4 Å². The lowest BCUT2D eigenvalue weighted by Gasteiger charge is -2.45. The highest BCUT2D eigenvalue weighted by atomic mass is 16.2. The SMILES string of the molecule is CC1(C(=O)NC2CCCCCCC2)Cn2c(cc3ccccc32)C(=O)N1CCCc1ccccc1. The highest BCUT2D eigenvalue weighted by Gasteiger charge is 2.47. The highest BCUT2D eigenvalue weighted by Crippen LogP contribution is 2.33. The first-order valence-electron chi connectivity index (χ1n) is 13.3. The van der Waals surface area contributed by atoms with E-state index in [0.717, 1.165) is 49.4 Å². The van der Waals surface area contributed by atoms with Crippen LogP contribution in [0.5, 0.6) is 0 Å². The van der Waals surface area contributed by atoms with E-state index in [-0.39, 0.29) is 17.9 Å². The molecular weight excluding hydrogens is 434 g/mol. The summed E-state index contributed by atoms with van der Waals surface area (Å²) < 4.78 is 2.06. The first-order chi connectivity index (χ1) is 17.1.